The smallest absolute Gasteiger partial charge is 0.237 e. The lowest BCUT2D eigenvalue weighted by Crippen LogP contribution is -2.50. The molecule has 0 aromatic rings. The fraction of sp³-hybridized carbons (Fsp3) is 0.857. The second kappa shape index (κ2) is 6.66. The van der Waals surface area contributed by atoms with E-state index in [1.165, 1.54) is 12.8 Å². The molecule has 1 aliphatic heterocycles. The first-order chi connectivity index (χ1) is 9.08. The normalized spacial score (nSPS) is 24.3. The van der Waals surface area contributed by atoms with E-state index in [0.29, 0.717) is 16.9 Å². The van der Waals surface area contributed by atoms with E-state index >= 15 is 0 Å². The lowest BCUT2D eigenvalue weighted by Gasteiger charge is -2.35. The lowest BCUT2D eigenvalue weighted by molar-refractivity contribution is -0.127. The maximum absolute atomic E-state index is 12.2. The summed E-state index contributed by atoms with van der Waals surface area (Å²) < 4.78 is 0. The van der Waals surface area contributed by atoms with Gasteiger partial charge in [0.2, 0.25) is 5.91 Å². The highest BCUT2D eigenvalue weighted by molar-refractivity contribution is 7.80. The second-order valence-electron chi connectivity index (χ2n) is 5.88. The molecule has 4 nitrogen and oxygen atoms in total. The molecule has 1 amide bonds. The summed E-state index contributed by atoms with van der Waals surface area (Å²) in [6.45, 7) is 3.84. The first-order valence-electron chi connectivity index (χ1n) is 7.41. The SMILES string of the molecule is CC(C(=O)NC1CCCC1)N1CCC(C(N)=S)CC1. The molecule has 2 fully saturated rings. The number of nitrogens with one attached hydrogen (secondary N) is 1. The Morgan fingerprint density at radius 2 is 1.84 bits per heavy atom. The minimum absolute atomic E-state index is 0.0344. The van der Waals surface area contributed by atoms with Crippen LogP contribution < -0.4 is 11.1 Å². The fourth-order valence-corrected chi connectivity index (χ4v) is 3.36. The summed E-state index contributed by atoms with van der Waals surface area (Å²) in [7, 11) is 0. The summed E-state index contributed by atoms with van der Waals surface area (Å²) in [6.07, 6.45) is 6.74. The zero-order valence-electron chi connectivity index (χ0n) is 11.7. The summed E-state index contributed by atoms with van der Waals surface area (Å²) in [6, 6.07) is 0.372. The second-order valence-corrected chi connectivity index (χ2v) is 6.35. The van der Waals surface area contributed by atoms with Gasteiger partial charge in [0.05, 0.1) is 11.0 Å². The topological polar surface area (TPSA) is 58.4 Å². The summed E-state index contributed by atoms with van der Waals surface area (Å²) in [5.41, 5.74) is 5.69. The van der Waals surface area contributed by atoms with E-state index in [9.17, 15) is 4.79 Å². The van der Waals surface area contributed by atoms with Gasteiger partial charge in [-0.15, -0.1) is 0 Å². The van der Waals surface area contributed by atoms with Crippen LogP contribution in [0.25, 0.3) is 0 Å². The number of nitrogens with zero attached hydrogens (tertiary/aromatic N) is 1. The van der Waals surface area contributed by atoms with Gasteiger partial charge < -0.3 is 11.1 Å². The van der Waals surface area contributed by atoms with Gasteiger partial charge in [0.25, 0.3) is 0 Å². The van der Waals surface area contributed by atoms with Crippen LogP contribution in [0.2, 0.25) is 0 Å². The van der Waals surface area contributed by atoms with Crippen LogP contribution in [-0.4, -0.2) is 41.0 Å². The highest BCUT2D eigenvalue weighted by Crippen LogP contribution is 2.21. The first-order valence-corrected chi connectivity index (χ1v) is 7.82. The Bertz CT molecular complexity index is 334. The van der Waals surface area contributed by atoms with Crippen molar-refractivity contribution in [3.05, 3.63) is 0 Å². The van der Waals surface area contributed by atoms with Crippen molar-refractivity contribution in [3.63, 3.8) is 0 Å². The number of carbonyl (C=O) groups excluding carboxylic acids is 1. The van der Waals surface area contributed by atoms with E-state index in [1.54, 1.807) is 0 Å². The molecule has 0 spiro atoms. The Kier molecular flexibility index (Phi) is 5.16. The van der Waals surface area contributed by atoms with Crippen molar-refractivity contribution in [3.8, 4) is 0 Å². The van der Waals surface area contributed by atoms with Crippen LogP contribution in [-0.2, 0) is 4.79 Å². The molecule has 1 saturated heterocycles. The Hall–Kier alpha value is -0.680. The zero-order chi connectivity index (χ0) is 13.8. The third kappa shape index (κ3) is 3.89. The number of thiocarbonyl (C=S) groups is 1. The summed E-state index contributed by atoms with van der Waals surface area (Å²) in [4.78, 5) is 15.1. The molecule has 1 atom stereocenters. The van der Waals surface area contributed by atoms with Crippen LogP contribution in [0.5, 0.6) is 0 Å². The number of amides is 1. The van der Waals surface area contributed by atoms with Crippen molar-refractivity contribution in [2.45, 2.75) is 57.5 Å². The third-order valence-electron chi connectivity index (χ3n) is 4.56. The Morgan fingerprint density at radius 1 is 1.26 bits per heavy atom. The van der Waals surface area contributed by atoms with Gasteiger partial charge in [-0.2, -0.15) is 0 Å². The van der Waals surface area contributed by atoms with Gasteiger partial charge in [-0.3, -0.25) is 9.69 Å². The molecule has 3 N–H and O–H groups in total. The number of nitrogens with two attached hydrogens (primary N) is 1. The number of hydrogen-bond acceptors (Lipinski definition) is 3. The van der Waals surface area contributed by atoms with Gasteiger partial charge in [0.1, 0.15) is 0 Å². The minimum atomic E-state index is -0.0344. The maximum Gasteiger partial charge on any atom is 0.237 e. The van der Waals surface area contributed by atoms with Crippen LogP contribution in [0.15, 0.2) is 0 Å². The molecule has 1 unspecified atom stereocenters. The molecule has 2 aliphatic rings. The molecule has 0 radical (unpaired) electrons. The molecule has 0 bridgehead atoms. The molecule has 108 valence electrons. The van der Waals surface area contributed by atoms with Crippen molar-refractivity contribution in [1.82, 2.24) is 10.2 Å². The van der Waals surface area contributed by atoms with Gasteiger partial charge in [-0.1, -0.05) is 25.1 Å². The van der Waals surface area contributed by atoms with E-state index < -0.39 is 0 Å². The number of likely N-dealkylation sites (tertiary alicyclic amines) is 1. The quantitative estimate of drug-likeness (QED) is 0.766. The molecule has 1 saturated carbocycles. The monoisotopic (exact) mass is 283 g/mol. The molecule has 0 aromatic heterocycles. The van der Waals surface area contributed by atoms with Crippen molar-refractivity contribution < 1.29 is 4.79 Å². The predicted octanol–water partition coefficient (Wildman–Crippen LogP) is 1.43. The highest BCUT2D eigenvalue weighted by Gasteiger charge is 2.28. The fourth-order valence-electron chi connectivity index (χ4n) is 3.13. The molecule has 1 aliphatic carbocycles. The zero-order valence-corrected chi connectivity index (χ0v) is 12.5. The minimum Gasteiger partial charge on any atom is -0.393 e. The van der Waals surface area contributed by atoms with Crippen molar-refractivity contribution >= 4 is 23.1 Å². The summed E-state index contributed by atoms with van der Waals surface area (Å²) in [5.74, 6) is 0.539. The predicted molar refractivity (Wildman–Crippen MR) is 80.9 cm³/mol. The Labute approximate surface area is 121 Å². The van der Waals surface area contributed by atoms with Gasteiger partial charge >= 0.3 is 0 Å². The summed E-state index contributed by atoms with van der Waals surface area (Å²) >= 11 is 5.05. The van der Waals surface area contributed by atoms with E-state index in [-0.39, 0.29) is 11.9 Å². The van der Waals surface area contributed by atoms with Crippen LogP contribution in [0.3, 0.4) is 0 Å². The number of hydrogen-bond donors (Lipinski definition) is 2. The number of rotatable bonds is 4. The van der Waals surface area contributed by atoms with E-state index in [1.807, 2.05) is 6.92 Å². The molecule has 5 heteroatoms. The lowest BCUT2D eigenvalue weighted by atomic mass is 9.96. The van der Waals surface area contributed by atoms with E-state index in [2.05, 4.69) is 10.2 Å². The largest absolute Gasteiger partial charge is 0.393 e. The maximum atomic E-state index is 12.2. The van der Waals surface area contributed by atoms with E-state index in [4.69, 9.17) is 18.0 Å². The molecule has 1 heterocycles. The van der Waals surface area contributed by atoms with Crippen LogP contribution in [0.1, 0.15) is 45.4 Å². The van der Waals surface area contributed by atoms with Gasteiger partial charge in [-0.25, -0.2) is 0 Å². The Morgan fingerprint density at radius 3 is 2.37 bits per heavy atom. The molecular weight excluding hydrogens is 258 g/mol. The number of carbonyl (C=O) groups is 1. The molecule has 19 heavy (non-hydrogen) atoms. The Balaban J connectivity index is 1.78. The first kappa shape index (κ1) is 14.7. The third-order valence-corrected chi connectivity index (χ3v) is 4.89. The van der Waals surface area contributed by atoms with Gasteiger partial charge in [0, 0.05) is 12.0 Å². The van der Waals surface area contributed by atoms with E-state index in [0.717, 1.165) is 38.8 Å². The van der Waals surface area contributed by atoms with Gasteiger partial charge in [-0.05, 0) is 45.7 Å². The van der Waals surface area contributed by atoms with Crippen molar-refractivity contribution in [1.29, 1.82) is 0 Å². The van der Waals surface area contributed by atoms with Crippen LogP contribution >= 0.6 is 12.2 Å². The van der Waals surface area contributed by atoms with Crippen molar-refractivity contribution in [2.24, 2.45) is 11.7 Å². The summed E-state index contributed by atoms with van der Waals surface area (Å²) in [5, 5.41) is 3.18. The molecule has 2 rings (SSSR count). The van der Waals surface area contributed by atoms with Crippen molar-refractivity contribution in [2.75, 3.05) is 13.1 Å². The average Bonchev–Trinajstić information content (AvgIpc) is 2.90. The molecule has 0 aromatic carbocycles. The molecular formula is C14H25N3OS. The standard InChI is InChI=1S/C14H25N3OS/c1-10(14(18)16-12-4-2-3-5-12)17-8-6-11(7-9-17)13(15)19/h10-12H,2-9H2,1H3,(H2,15,19)(H,16,18). The average molecular weight is 283 g/mol. The highest BCUT2D eigenvalue weighted by atomic mass is 32.1. The van der Waals surface area contributed by atoms with Crippen LogP contribution in [0, 0.1) is 5.92 Å². The number of piperidine rings is 1. The van der Waals surface area contributed by atoms with Crippen LogP contribution in [0.4, 0.5) is 0 Å². The van der Waals surface area contributed by atoms with Gasteiger partial charge in [0.15, 0.2) is 0 Å².